The van der Waals surface area contributed by atoms with Crippen molar-refractivity contribution in [2.24, 2.45) is 0 Å². The van der Waals surface area contributed by atoms with Gasteiger partial charge in [-0.1, -0.05) is 34.8 Å². The van der Waals surface area contributed by atoms with E-state index in [-0.39, 0.29) is 10.2 Å². The number of hydrogen-bond donors (Lipinski definition) is 1. The summed E-state index contributed by atoms with van der Waals surface area (Å²) in [6, 6.07) is 5.79. The molecule has 0 atom stereocenters. The number of nitrogens with zero attached hydrogens (tertiary/aromatic N) is 3. The van der Waals surface area contributed by atoms with E-state index in [9.17, 15) is 12.8 Å². The summed E-state index contributed by atoms with van der Waals surface area (Å²) in [6.45, 7) is 0.955. The lowest BCUT2D eigenvalue weighted by molar-refractivity contribution is 0.568. The topological polar surface area (TPSA) is 75.2 Å². The molecule has 0 radical (unpaired) electrons. The lowest BCUT2D eigenvalue weighted by Gasteiger charge is -2.21. The number of aromatic nitrogens is 2. The third kappa shape index (κ3) is 4.02. The zero-order valence-electron chi connectivity index (χ0n) is 14.5. The van der Waals surface area contributed by atoms with Crippen molar-refractivity contribution in [3.8, 4) is 0 Å². The number of sulfonamides is 1. The first-order valence-corrected chi connectivity index (χ1v) is 11.6. The van der Waals surface area contributed by atoms with Gasteiger partial charge in [-0.3, -0.25) is 4.72 Å². The lowest BCUT2D eigenvalue weighted by atomic mass is 10.1. The van der Waals surface area contributed by atoms with Gasteiger partial charge in [0.15, 0.2) is 0 Å². The van der Waals surface area contributed by atoms with Gasteiger partial charge in [0.05, 0.1) is 10.0 Å². The highest BCUT2D eigenvalue weighted by molar-refractivity contribution is 7.93. The second-order valence-electron chi connectivity index (χ2n) is 6.26. The van der Waals surface area contributed by atoms with Gasteiger partial charge in [0, 0.05) is 35.3 Å². The third-order valence-corrected chi connectivity index (χ3v) is 7.74. The highest BCUT2D eigenvalue weighted by Crippen LogP contribution is 2.39. The molecule has 0 aliphatic carbocycles. The highest BCUT2D eigenvalue weighted by Gasteiger charge is 2.26. The van der Waals surface area contributed by atoms with Crippen molar-refractivity contribution < 1.29 is 12.8 Å². The Morgan fingerprint density at radius 3 is 2.72 bits per heavy atom. The molecule has 1 aliphatic heterocycles. The zero-order valence-corrected chi connectivity index (χ0v) is 18.4. The first-order valence-electron chi connectivity index (χ1n) is 8.25. The van der Waals surface area contributed by atoms with Gasteiger partial charge in [-0.2, -0.15) is 4.37 Å². The number of fused-ring (bicyclic) bond motifs is 1. The molecule has 0 bridgehead atoms. The van der Waals surface area contributed by atoms with Crippen molar-refractivity contribution in [3.05, 3.63) is 62.6 Å². The molecule has 1 aliphatic rings. The van der Waals surface area contributed by atoms with Gasteiger partial charge in [0.2, 0.25) is 5.13 Å². The van der Waals surface area contributed by atoms with Crippen LogP contribution in [0.3, 0.4) is 0 Å². The monoisotopic (exact) mass is 492 g/mol. The average molecular weight is 494 g/mol. The Bertz CT molecular complexity index is 1190. The van der Waals surface area contributed by atoms with Crippen LogP contribution in [0.25, 0.3) is 0 Å². The molecule has 12 heteroatoms. The van der Waals surface area contributed by atoms with E-state index in [0.29, 0.717) is 35.1 Å². The summed E-state index contributed by atoms with van der Waals surface area (Å²) < 4.78 is 45.5. The van der Waals surface area contributed by atoms with E-state index in [1.54, 1.807) is 6.07 Å². The Hall–Kier alpha value is -1.65. The Morgan fingerprint density at radius 1 is 1.21 bits per heavy atom. The molecule has 3 aromatic rings. The van der Waals surface area contributed by atoms with Crippen LogP contribution in [0.15, 0.2) is 35.5 Å². The zero-order chi connectivity index (χ0) is 20.8. The summed E-state index contributed by atoms with van der Waals surface area (Å²) in [5.74, 6) is -0.907. The molecule has 1 aromatic heterocycles. The van der Waals surface area contributed by atoms with Gasteiger partial charge in [-0.25, -0.2) is 17.8 Å². The van der Waals surface area contributed by atoms with Gasteiger partial charge in [-0.05, 0) is 41.8 Å². The number of benzene rings is 2. The molecular formula is C17H12Cl3FN4O2S2. The van der Waals surface area contributed by atoms with E-state index in [1.165, 1.54) is 6.33 Å². The van der Waals surface area contributed by atoms with Crippen LogP contribution < -0.4 is 9.62 Å². The maximum atomic E-state index is 14.7. The van der Waals surface area contributed by atoms with Crippen molar-refractivity contribution in [1.29, 1.82) is 0 Å². The van der Waals surface area contributed by atoms with Crippen LogP contribution in [-0.4, -0.2) is 24.3 Å². The molecule has 4 rings (SSSR count). The molecular weight excluding hydrogens is 482 g/mol. The van der Waals surface area contributed by atoms with Crippen molar-refractivity contribution in [2.75, 3.05) is 16.2 Å². The second-order valence-corrected chi connectivity index (χ2v) is 9.88. The number of nitrogens with one attached hydrogen (secondary N) is 1. The fourth-order valence-electron chi connectivity index (χ4n) is 3.14. The average Bonchev–Trinajstić information content (AvgIpc) is 3.31. The maximum Gasteiger partial charge on any atom is 0.266 e. The Morgan fingerprint density at radius 2 is 2.00 bits per heavy atom. The molecule has 0 spiro atoms. The number of anilines is 2. The molecule has 0 unspecified atom stereocenters. The minimum absolute atomic E-state index is 0.0359. The molecule has 2 aromatic carbocycles. The second kappa shape index (κ2) is 7.88. The number of halogens is 4. The van der Waals surface area contributed by atoms with Crippen molar-refractivity contribution in [3.63, 3.8) is 0 Å². The largest absolute Gasteiger partial charge is 0.367 e. The smallest absolute Gasteiger partial charge is 0.266 e. The van der Waals surface area contributed by atoms with E-state index >= 15 is 0 Å². The summed E-state index contributed by atoms with van der Waals surface area (Å²) in [4.78, 5) is 5.17. The Labute approximate surface area is 185 Å². The molecule has 2 heterocycles. The molecule has 0 saturated heterocycles. The predicted octanol–water partition coefficient (Wildman–Crippen LogP) is 5.00. The first-order chi connectivity index (χ1) is 13.8. The summed E-state index contributed by atoms with van der Waals surface area (Å²) in [7, 11) is -4.19. The SMILES string of the molecule is O=S(=O)(Nc1ncns1)c1cc(Cl)c(CN2CCc3c2ccc(Cl)c3Cl)cc1F. The van der Waals surface area contributed by atoms with Crippen molar-refractivity contribution in [1.82, 2.24) is 9.36 Å². The van der Waals surface area contributed by atoms with E-state index < -0.39 is 20.7 Å². The highest BCUT2D eigenvalue weighted by atomic mass is 35.5. The fourth-order valence-corrected chi connectivity index (χ4v) is 5.61. The number of rotatable bonds is 5. The first kappa shape index (κ1) is 20.6. The van der Waals surface area contributed by atoms with Gasteiger partial charge in [0.25, 0.3) is 10.0 Å². The van der Waals surface area contributed by atoms with Gasteiger partial charge in [0.1, 0.15) is 17.0 Å². The predicted molar refractivity (Wildman–Crippen MR) is 113 cm³/mol. The third-order valence-electron chi connectivity index (χ3n) is 4.48. The summed E-state index contributed by atoms with van der Waals surface area (Å²) in [5.41, 5.74) is 2.28. The molecule has 0 fully saturated rings. The molecule has 6 nitrogen and oxygen atoms in total. The minimum Gasteiger partial charge on any atom is -0.367 e. The lowest BCUT2D eigenvalue weighted by Crippen LogP contribution is -2.20. The van der Waals surface area contributed by atoms with Crippen LogP contribution in [0.2, 0.25) is 15.1 Å². The van der Waals surface area contributed by atoms with Crippen LogP contribution in [0.1, 0.15) is 11.1 Å². The minimum atomic E-state index is -4.19. The van der Waals surface area contributed by atoms with Crippen LogP contribution in [0.5, 0.6) is 0 Å². The normalized spacial score (nSPS) is 13.6. The van der Waals surface area contributed by atoms with Gasteiger partial charge < -0.3 is 4.90 Å². The standard InChI is InChI=1S/C17H12Cl3FN4O2S2/c18-11-1-2-14-10(16(11)20)3-4-25(14)7-9-5-13(21)15(6-12(9)19)29(26,27)24-17-22-8-23-28-17/h1-2,5-6,8H,3-4,7H2,(H,22,23,24). The van der Waals surface area contributed by atoms with Gasteiger partial charge in [-0.15, -0.1) is 0 Å². The van der Waals surface area contributed by atoms with E-state index in [2.05, 4.69) is 14.1 Å². The molecule has 29 heavy (non-hydrogen) atoms. The molecule has 0 amide bonds. The van der Waals surface area contributed by atoms with Crippen LogP contribution >= 0.6 is 46.3 Å². The molecule has 0 saturated carbocycles. The quantitative estimate of drug-likeness (QED) is 0.541. The van der Waals surface area contributed by atoms with E-state index in [0.717, 1.165) is 34.9 Å². The fraction of sp³-hybridized carbons (Fsp3) is 0.176. The van der Waals surface area contributed by atoms with E-state index in [1.807, 2.05) is 11.0 Å². The summed E-state index contributed by atoms with van der Waals surface area (Å²) in [6.07, 6.45) is 1.90. The van der Waals surface area contributed by atoms with Crippen molar-refractivity contribution in [2.45, 2.75) is 17.9 Å². The van der Waals surface area contributed by atoms with Crippen LogP contribution in [0, 0.1) is 5.82 Å². The Balaban J connectivity index is 1.62. The molecule has 1 N–H and O–H groups in total. The van der Waals surface area contributed by atoms with Gasteiger partial charge >= 0.3 is 0 Å². The molecule has 152 valence electrons. The van der Waals surface area contributed by atoms with Crippen molar-refractivity contribution >= 4 is 67.2 Å². The summed E-state index contributed by atoms with van der Waals surface area (Å²) in [5, 5.41) is 1.16. The van der Waals surface area contributed by atoms with Crippen LogP contribution in [0.4, 0.5) is 15.2 Å². The maximum absolute atomic E-state index is 14.7. The number of hydrogen-bond acceptors (Lipinski definition) is 6. The summed E-state index contributed by atoms with van der Waals surface area (Å²) >= 11 is 19.5. The van der Waals surface area contributed by atoms with Crippen LogP contribution in [-0.2, 0) is 23.0 Å². The van der Waals surface area contributed by atoms with E-state index in [4.69, 9.17) is 34.8 Å². The Kier molecular flexibility index (Phi) is 5.60.